The average molecular weight is 391 g/mol. The Hall–Kier alpha value is -1.37. The summed E-state index contributed by atoms with van der Waals surface area (Å²) >= 11 is 5.92. The Morgan fingerprint density at radius 2 is 2.12 bits per heavy atom. The van der Waals surface area contributed by atoms with Crippen molar-refractivity contribution in [3.63, 3.8) is 0 Å². The van der Waals surface area contributed by atoms with Gasteiger partial charge in [0.05, 0.1) is 18.1 Å². The maximum Gasteiger partial charge on any atom is 0.317 e. The minimum atomic E-state index is -0.932. The molecule has 1 aliphatic carbocycles. The number of hydrogen-bond acceptors (Lipinski definition) is 2. The van der Waals surface area contributed by atoms with Crippen molar-refractivity contribution in [3.05, 3.63) is 11.9 Å². The molecule has 1 aliphatic heterocycles. The third kappa shape index (κ3) is 6.11. The van der Waals surface area contributed by atoms with Crippen LogP contribution in [0.2, 0.25) is 0 Å². The van der Waals surface area contributed by atoms with E-state index in [0.29, 0.717) is 25.3 Å². The zero-order chi connectivity index (χ0) is 19.3. The van der Waals surface area contributed by atoms with E-state index < -0.39 is 17.5 Å². The van der Waals surface area contributed by atoms with Crippen molar-refractivity contribution in [2.24, 2.45) is 10.9 Å². The molecule has 0 aromatic carbocycles. The third-order valence-corrected chi connectivity index (χ3v) is 4.90. The van der Waals surface area contributed by atoms with Gasteiger partial charge in [-0.25, -0.2) is 13.6 Å². The normalized spacial score (nSPS) is 31.7. The van der Waals surface area contributed by atoms with Crippen LogP contribution < -0.4 is 10.6 Å². The predicted octanol–water partition coefficient (Wildman–Crippen LogP) is 3.74. The van der Waals surface area contributed by atoms with E-state index >= 15 is 0 Å². The molecule has 1 saturated heterocycles. The van der Waals surface area contributed by atoms with Crippen LogP contribution in [-0.2, 0) is 0 Å². The first-order valence-corrected chi connectivity index (χ1v) is 9.72. The van der Waals surface area contributed by atoms with E-state index in [2.05, 4.69) is 22.5 Å². The van der Waals surface area contributed by atoms with Crippen molar-refractivity contribution in [1.82, 2.24) is 15.5 Å². The van der Waals surface area contributed by atoms with Gasteiger partial charge in [-0.2, -0.15) is 0 Å². The summed E-state index contributed by atoms with van der Waals surface area (Å²) in [5, 5.41) is 5.83. The molecule has 8 heteroatoms. The maximum atomic E-state index is 14.1. The molecule has 1 saturated carbocycles. The third-order valence-electron chi connectivity index (χ3n) is 4.79. The number of carbonyl (C=O) groups is 1. The Morgan fingerprint density at radius 1 is 1.38 bits per heavy atom. The van der Waals surface area contributed by atoms with Crippen LogP contribution in [0.3, 0.4) is 0 Å². The molecule has 2 rings (SSSR count). The van der Waals surface area contributed by atoms with Gasteiger partial charge in [0.2, 0.25) is 0 Å². The Kier molecular flexibility index (Phi) is 7.68. The van der Waals surface area contributed by atoms with E-state index in [1.165, 1.54) is 11.0 Å². The van der Waals surface area contributed by atoms with E-state index in [4.69, 9.17) is 11.6 Å². The molecule has 2 amide bonds. The molecule has 1 heterocycles. The second-order valence-corrected chi connectivity index (χ2v) is 7.97. The average Bonchev–Trinajstić information content (AvgIpc) is 2.99. The molecule has 148 valence electrons. The molecule has 0 radical (unpaired) electrons. The monoisotopic (exact) mass is 390 g/mol. The molecule has 0 spiro atoms. The van der Waals surface area contributed by atoms with Crippen LogP contribution in [0.1, 0.15) is 46.5 Å². The maximum absolute atomic E-state index is 14.1. The predicted molar refractivity (Wildman–Crippen MR) is 101 cm³/mol. The van der Waals surface area contributed by atoms with Crippen LogP contribution in [0, 0.1) is 5.92 Å². The van der Waals surface area contributed by atoms with E-state index in [-0.39, 0.29) is 30.5 Å². The number of amides is 2. The Labute approximate surface area is 159 Å². The van der Waals surface area contributed by atoms with Crippen molar-refractivity contribution in [3.8, 4) is 0 Å². The second kappa shape index (κ2) is 9.53. The SMILES string of the molecule is C/C=C(/F)C(=NC1CC(C)CC(NC(=O)N2CCC(F)C2)C1)NC(C)Cl. The van der Waals surface area contributed by atoms with Gasteiger partial charge in [-0.3, -0.25) is 4.99 Å². The summed E-state index contributed by atoms with van der Waals surface area (Å²) in [6, 6.07) is -0.387. The van der Waals surface area contributed by atoms with E-state index in [0.717, 1.165) is 12.8 Å². The number of amidine groups is 1. The van der Waals surface area contributed by atoms with Gasteiger partial charge in [0.1, 0.15) is 6.17 Å². The van der Waals surface area contributed by atoms with Gasteiger partial charge in [-0.15, -0.1) is 0 Å². The zero-order valence-electron chi connectivity index (χ0n) is 15.6. The Morgan fingerprint density at radius 3 is 2.69 bits per heavy atom. The van der Waals surface area contributed by atoms with Crippen molar-refractivity contribution >= 4 is 23.5 Å². The van der Waals surface area contributed by atoms with Gasteiger partial charge < -0.3 is 15.5 Å². The largest absolute Gasteiger partial charge is 0.352 e. The first kappa shape index (κ1) is 20.9. The molecule has 5 atom stereocenters. The summed E-state index contributed by atoms with van der Waals surface area (Å²) in [6.45, 7) is 6.01. The zero-order valence-corrected chi connectivity index (χ0v) is 16.4. The smallest absolute Gasteiger partial charge is 0.317 e. The summed E-state index contributed by atoms with van der Waals surface area (Å²) in [7, 11) is 0. The summed E-state index contributed by atoms with van der Waals surface area (Å²) in [6.07, 6.45) is 3.10. The Bertz CT molecular complexity index is 555. The number of urea groups is 1. The summed E-state index contributed by atoms with van der Waals surface area (Å²) in [4.78, 5) is 18.3. The number of allylic oxidation sites excluding steroid dienone is 1. The van der Waals surface area contributed by atoms with Gasteiger partial charge in [-0.1, -0.05) is 18.5 Å². The lowest BCUT2D eigenvalue weighted by Gasteiger charge is -2.33. The minimum Gasteiger partial charge on any atom is -0.352 e. The lowest BCUT2D eigenvalue weighted by Crippen LogP contribution is -2.47. The highest BCUT2D eigenvalue weighted by Gasteiger charge is 2.31. The van der Waals surface area contributed by atoms with Crippen molar-refractivity contribution in [2.45, 2.75) is 70.2 Å². The molecular formula is C18H29ClF2N4O. The standard InChI is InChI=1S/C18H29ClF2N4O/c1-4-16(21)17(22-12(3)19)23-14-7-11(2)8-15(9-14)24-18(26)25-6-5-13(20)10-25/h4,11-15H,5-10H2,1-3H3,(H,22,23)(H,24,26)/b16-4+. The van der Waals surface area contributed by atoms with Crippen molar-refractivity contribution < 1.29 is 13.6 Å². The molecule has 2 N–H and O–H groups in total. The number of alkyl halides is 2. The van der Waals surface area contributed by atoms with E-state index in [1.807, 2.05) is 0 Å². The number of halogens is 3. The van der Waals surface area contributed by atoms with E-state index in [9.17, 15) is 13.6 Å². The van der Waals surface area contributed by atoms with Crippen LogP contribution in [0.4, 0.5) is 13.6 Å². The molecule has 2 fully saturated rings. The number of nitrogens with zero attached hydrogens (tertiary/aromatic N) is 2. The van der Waals surface area contributed by atoms with Gasteiger partial charge in [0.15, 0.2) is 11.7 Å². The summed E-state index contributed by atoms with van der Waals surface area (Å²) in [5.74, 6) is 0.0556. The molecule has 0 aromatic rings. The van der Waals surface area contributed by atoms with Crippen molar-refractivity contribution in [1.29, 1.82) is 0 Å². The highest BCUT2D eigenvalue weighted by atomic mass is 35.5. The fraction of sp³-hybridized carbons (Fsp3) is 0.778. The first-order chi connectivity index (χ1) is 12.3. The molecule has 0 bridgehead atoms. The van der Waals surface area contributed by atoms with Crippen LogP contribution >= 0.6 is 11.6 Å². The number of likely N-dealkylation sites (tertiary alicyclic amines) is 1. The van der Waals surface area contributed by atoms with Crippen LogP contribution in [0.25, 0.3) is 0 Å². The molecule has 2 aliphatic rings. The molecule has 5 nitrogen and oxygen atoms in total. The minimum absolute atomic E-state index is 0.0537. The molecule has 26 heavy (non-hydrogen) atoms. The van der Waals surface area contributed by atoms with Crippen molar-refractivity contribution in [2.75, 3.05) is 13.1 Å². The fourth-order valence-corrected chi connectivity index (χ4v) is 3.74. The summed E-state index contributed by atoms with van der Waals surface area (Å²) < 4.78 is 27.4. The lowest BCUT2D eigenvalue weighted by atomic mass is 9.84. The number of aliphatic imine (C=N–C) groups is 1. The molecular weight excluding hydrogens is 362 g/mol. The second-order valence-electron chi connectivity index (χ2n) is 7.32. The van der Waals surface area contributed by atoms with Crippen LogP contribution in [0.5, 0.6) is 0 Å². The number of nitrogens with one attached hydrogen (secondary N) is 2. The fourth-order valence-electron chi connectivity index (χ4n) is 3.63. The highest BCUT2D eigenvalue weighted by Crippen LogP contribution is 2.27. The van der Waals surface area contributed by atoms with Gasteiger partial charge >= 0.3 is 6.03 Å². The Balaban J connectivity index is 2.01. The quantitative estimate of drug-likeness (QED) is 0.332. The van der Waals surface area contributed by atoms with E-state index in [1.54, 1.807) is 13.8 Å². The first-order valence-electron chi connectivity index (χ1n) is 9.28. The number of rotatable bonds is 4. The van der Waals surface area contributed by atoms with Gasteiger partial charge in [0.25, 0.3) is 0 Å². The number of hydrogen-bond donors (Lipinski definition) is 2. The summed E-state index contributed by atoms with van der Waals surface area (Å²) in [5.41, 5.74) is -0.445. The lowest BCUT2D eigenvalue weighted by molar-refractivity contribution is 0.190. The van der Waals surface area contributed by atoms with Crippen LogP contribution in [-0.4, -0.2) is 53.6 Å². The van der Waals surface area contributed by atoms with Crippen LogP contribution in [0.15, 0.2) is 16.9 Å². The van der Waals surface area contributed by atoms with Gasteiger partial charge in [-0.05, 0) is 51.5 Å². The molecule has 0 aromatic heterocycles. The highest BCUT2D eigenvalue weighted by molar-refractivity contribution is 6.21. The number of carbonyl (C=O) groups excluding carboxylic acids is 1. The molecule has 5 unspecified atom stereocenters. The van der Waals surface area contributed by atoms with Gasteiger partial charge in [0, 0.05) is 12.6 Å². The topological polar surface area (TPSA) is 56.7 Å².